The van der Waals surface area contributed by atoms with E-state index in [9.17, 15) is 4.79 Å². The molecule has 0 aliphatic carbocycles. The first-order valence-electron chi connectivity index (χ1n) is 5.81. The SMILES string of the molecule is CC(C)N(CCCC(=O)O)Cc1ncccn1. The number of aromatic nitrogens is 2. The highest BCUT2D eigenvalue weighted by molar-refractivity contribution is 5.66. The Morgan fingerprint density at radius 2 is 2.06 bits per heavy atom. The molecule has 1 aromatic heterocycles. The number of rotatable bonds is 7. The van der Waals surface area contributed by atoms with Gasteiger partial charge in [-0.15, -0.1) is 0 Å². The maximum absolute atomic E-state index is 10.5. The largest absolute Gasteiger partial charge is 0.481 e. The van der Waals surface area contributed by atoms with Gasteiger partial charge in [0.15, 0.2) is 0 Å². The molecule has 0 aromatic carbocycles. The summed E-state index contributed by atoms with van der Waals surface area (Å²) < 4.78 is 0. The smallest absolute Gasteiger partial charge is 0.303 e. The van der Waals surface area contributed by atoms with Crippen LogP contribution in [0, 0.1) is 0 Å². The predicted molar refractivity (Wildman–Crippen MR) is 64.4 cm³/mol. The molecule has 0 saturated heterocycles. The van der Waals surface area contributed by atoms with Crippen molar-refractivity contribution in [3.63, 3.8) is 0 Å². The van der Waals surface area contributed by atoms with E-state index in [4.69, 9.17) is 5.11 Å². The van der Waals surface area contributed by atoms with Crippen LogP contribution in [0.1, 0.15) is 32.5 Å². The Hall–Kier alpha value is -1.49. The van der Waals surface area contributed by atoms with Crippen molar-refractivity contribution in [1.29, 1.82) is 0 Å². The van der Waals surface area contributed by atoms with Gasteiger partial charge >= 0.3 is 5.97 Å². The molecule has 0 aliphatic heterocycles. The van der Waals surface area contributed by atoms with Crippen molar-refractivity contribution >= 4 is 5.97 Å². The van der Waals surface area contributed by atoms with Crippen LogP contribution in [0.4, 0.5) is 0 Å². The molecule has 0 unspecified atom stereocenters. The molecular weight excluding hydrogens is 218 g/mol. The molecule has 5 nitrogen and oxygen atoms in total. The topological polar surface area (TPSA) is 66.3 Å². The minimum atomic E-state index is -0.746. The minimum absolute atomic E-state index is 0.207. The van der Waals surface area contributed by atoms with E-state index < -0.39 is 5.97 Å². The number of hydrogen-bond acceptors (Lipinski definition) is 4. The zero-order valence-electron chi connectivity index (χ0n) is 10.3. The normalized spacial score (nSPS) is 11.1. The lowest BCUT2D eigenvalue weighted by Gasteiger charge is -2.25. The maximum Gasteiger partial charge on any atom is 0.303 e. The zero-order chi connectivity index (χ0) is 12.7. The second kappa shape index (κ2) is 6.96. The minimum Gasteiger partial charge on any atom is -0.481 e. The second-order valence-corrected chi connectivity index (χ2v) is 4.23. The molecule has 0 radical (unpaired) electrons. The van der Waals surface area contributed by atoms with E-state index in [1.54, 1.807) is 18.5 Å². The molecule has 1 rings (SSSR count). The summed E-state index contributed by atoms with van der Waals surface area (Å²) in [6.45, 7) is 5.59. The molecular formula is C12H19N3O2. The van der Waals surface area contributed by atoms with Crippen LogP contribution in [0.25, 0.3) is 0 Å². The summed E-state index contributed by atoms with van der Waals surface area (Å²) >= 11 is 0. The number of carbonyl (C=O) groups is 1. The third-order valence-corrected chi connectivity index (χ3v) is 2.53. The van der Waals surface area contributed by atoms with E-state index in [1.165, 1.54) is 0 Å². The van der Waals surface area contributed by atoms with Gasteiger partial charge in [0.05, 0.1) is 6.54 Å². The predicted octanol–water partition coefficient (Wildman–Crippen LogP) is 1.55. The standard InChI is InChI=1S/C12H19N3O2/c1-10(2)15(8-3-5-12(16)17)9-11-13-6-4-7-14-11/h4,6-7,10H,3,5,8-9H2,1-2H3,(H,16,17). The van der Waals surface area contributed by atoms with Crippen molar-refractivity contribution in [2.45, 2.75) is 39.3 Å². The fraction of sp³-hybridized carbons (Fsp3) is 0.583. The lowest BCUT2D eigenvalue weighted by Crippen LogP contribution is -2.32. The maximum atomic E-state index is 10.5. The monoisotopic (exact) mass is 237 g/mol. The van der Waals surface area contributed by atoms with Gasteiger partial charge in [-0.3, -0.25) is 9.69 Å². The molecule has 0 saturated carbocycles. The van der Waals surface area contributed by atoms with Crippen molar-refractivity contribution in [2.24, 2.45) is 0 Å². The van der Waals surface area contributed by atoms with Crippen molar-refractivity contribution in [1.82, 2.24) is 14.9 Å². The fourth-order valence-corrected chi connectivity index (χ4v) is 1.55. The van der Waals surface area contributed by atoms with Crippen LogP contribution in [0.15, 0.2) is 18.5 Å². The van der Waals surface area contributed by atoms with Crippen LogP contribution >= 0.6 is 0 Å². The highest BCUT2D eigenvalue weighted by Gasteiger charge is 2.11. The van der Waals surface area contributed by atoms with E-state index in [0.717, 1.165) is 12.4 Å². The molecule has 0 fully saturated rings. The van der Waals surface area contributed by atoms with Gasteiger partial charge in [0.25, 0.3) is 0 Å². The molecule has 0 spiro atoms. The highest BCUT2D eigenvalue weighted by Crippen LogP contribution is 2.06. The second-order valence-electron chi connectivity index (χ2n) is 4.23. The van der Waals surface area contributed by atoms with E-state index in [1.807, 2.05) is 0 Å². The molecule has 5 heteroatoms. The Bertz CT molecular complexity index is 341. The molecule has 0 amide bonds. The van der Waals surface area contributed by atoms with Gasteiger partial charge < -0.3 is 5.11 Å². The van der Waals surface area contributed by atoms with Gasteiger partial charge in [0, 0.05) is 24.9 Å². The summed E-state index contributed by atoms with van der Waals surface area (Å²) in [5.74, 6) is 0.0289. The number of hydrogen-bond donors (Lipinski definition) is 1. The summed E-state index contributed by atoms with van der Waals surface area (Å²) in [6.07, 6.45) is 4.30. The Kier molecular flexibility index (Phi) is 5.56. The van der Waals surface area contributed by atoms with Crippen molar-refractivity contribution in [3.05, 3.63) is 24.3 Å². The molecule has 0 bridgehead atoms. The quantitative estimate of drug-likeness (QED) is 0.779. The third-order valence-electron chi connectivity index (χ3n) is 2.53. The number of carboxylic acids is 1. The summed E-state index contributed by atoms with van der Waals surface area (Å²) in [5, 5.41) is 8.61. The van der Waals surface area contributed by atoms with Crippen LogP contribution in [0.5, 0.6) is 0 Å². The van der Waals surface area contributed by atoms with E-state index >= 15 is 0 Å². The molecule has 1 aromatic rings. The third kappa shape index (κ3) is 5.40. The van der Waals surface area contributed by atoms with Crippen molar-refractivity contribution in [2.75, 3.05) is 6.54 Å². The molecule has 17 heavy (non-hydrogen) atoms. The number of aliphatic carboxylic acids is 1. The molecule has 0 atom stereocenters. The zero-order valence-corrected chi connectivity index (χ0v) is 10.3. The Morgan fingerprint density at radius 3 is 2.59 bits per heavy atom. The van der Waals surface area contributed by atoms with Gasteiger partial charge in [-0.2, -0.15) is 0 Å². The van der Waals surface area contributed by atoms with Crippen molar-refractivity contribution < 1.29 is 9.90 Å². The molecule has 94 valence electrons. The van der Waals surface area contributed by atoms with Crippen LogP contribution < -0.4 is 0 Å². The lowest BCUT2D eigenvalue weighted by atomic mass is 10.2. The molecule has 1 N–H and O–H groups in total. The van der Waals surface area contributed by atoms with Crippen LogP contribution in [-0.4, -0.2) is 38.5 Å². The van der Waals surface area contributed by atoms with E-state index in [2.05, 4.69) is 28.7 Å². The average molecular weight is 237 g/mol. The van der Waals surface area contributed by atoms with Gasteiger partial charge in [-0.1, -0.05) is 0 Å². The lowest BCUT2D eigenvalue weighted by molar-refractivity contribution is -0.137. The van der Waals surface area contributed by atoms with Gasteiger partial charge in [-0.05, 0) is 32.9 Å². The number of carboxylic acid groups (broad SMARTS) is 1. The Morgan fingerprint density at radius 1 is 1.41 bits per heavy atom. The fourth-order valence-electron chi connectivity index (χ4n) is 1.55. The Balaban J connectivity index is 2.46. The number of nitrogens with zero attached hydrogens (tertiary/aromatic N) is 3. The molecule has 1 heterocycles. The van der Waals surface area contributed by atoms with Crippen molar-refractivity contribution in [3.8, 4) is 0 Å². The molecule has 0 aliphatic rings. The van der Waals surface area contributed by atoms with Gasteiger partial charge in [0.2, 0.25) is 0 Å². The van der Waals surface area contributed by atoms with Crippen LogP contribution in [0.2, 0.25) is 0 Å². The summed E-state index contributed by atoms with van der Waals surface area (Å²) in [4.78, 5) is 21.0. The summed E-state index contributed by atoms with van der Waals surface area (Å²) in [5.41, 5.74) is 0. The van der Waals surface area contributed by atoms with Crippen LogP contribution in [0.3, 0.4) is 0 Å². The average Bonchev–Trinajstić information content (AvgIpc) is 2.28. The van der Waals surface area contributed by atoms with Crippen LogP contribution in [-0.2, 0) is 11.3 Å². The Labute approximate surface area is 102 Å². The first-order valence-corrected chi connectivity index (χ1v) is 5.81. The van der Waals surface area contributed by atoms with Gasteiger partial charge in [0.1, 0.15) is 5.82 Å². The van der Waals surface area contributed by atoms with E-state index in [-0.39, 0.29) is 6.42 Å². The summed E-state index contributed by atoms with van der Waals surface area (Å²) in [6, 6.07) is 2.14. The summed E-state index contributed by atoms with van der Waals surface area (Å²) in [7, 11) is 0. The first kappa shape index (κ1) is 13.6. The first-order chi connectivity index (χ1) is 8.09. The van der Waals surface area contributed by atoms with Gasteiger partial charge in [-0.25, -0.2) is 9.97 Å². The highest BCUT2D eigenvalue weighted by atomic mass is 16.4. The van der Waals surface area contributed by atoms with E-state index in [0.29, 0.717) is 19.0 Å².